The number of fused-ring (bicyclic) bond motifs is 1. The molecule has 0 aromatic heterocycles. The highest BCUT2D eigenvalue weighted by atomic mass is 19.1. The van der Waals surface area contributed by atoms with Crippen LogP contribution in [-0.2, 0) is 16.1 Å². The lowest BCUT2D eigenvalue weighted by Gasteiger charge is -2.20. The number of carbonyl (C=O) groups excluding carboxylic acids is 1. The van der Waals surface area contributed by atoms with Gasteiger partial charge < -0.3 is 10.0 Å². The zero-order valence-corrected chi connectivity index (χ0v) is 11.5. The summed E-state index contributed by atoms with van der Waals surface area (Å²) >= 11 is 0. The molecule has 1 aromatic carbocycles. The van der Waals surface area contributed by atoms with E-state index in [2.05, 4.69) is 0 Å². The SMILES string of the molecule is O=C(O)CN1C[C@@H]2CN(Cc3cccc(F)c3)C(=O)[C@@H]2C1. The zero-order chi connectivity index (χ0) is 15.0. The second-order valence-electron chi connectivity index (χ2n) is 5.80. The Hall–Kier alpha value is -1.95. The van der Waals surface area contributed by atoms with Gasteiger partial charge in [0, 0.05) is 32.1 Å². The number of likely N-dealkylation sites (tertiary alicyclic amines) is 2. The van der Waals surface area contributed by atoms with E-state index in [-0.39, 0.29) is 30.1 Å². The number of rotatable bonds is 4. The smallest absolute Gasteiger partial charge is 0.317 e. The molecule has 0 bridgehead atoms. The number of carboxylic acids is 1. The van der Waals surface area contributed by atoms with Gasteiger partial charge in [0.05, 0.1) is 12.5 Å². The quantitative estimate of drug-likeness (QED) is 0.892. The van der Waals surface area contributed by atoms with Gasteiger partial charge in [-0.05, 0) is 17.7 Å². The third-order valence-electron chi connectivity index (χ3n) is 4.22. The maximum absolute atomic E-state index is 13.2. The van der Waals surface area contributed by atoms with Crippen molar-refractivity contribution in [1.29, 1.82) is 0 Å². The van der Waals surface area contributed by atoms with Gasteiger partial charge in [-0.2, -0.15) is 0 Å². The van der Waals surface area contributed by atoms with Crippen LogP contribution < -0.4 is 0 Å². The second-order valence-corrected chi connectivity index (χ2v) is 5.80. The first-order valence-corrected chi connectivity index (χ1v) is 7.00. The van der Waals surface area contributed by atoms with Crippen LogP contribution in [0.1, 0.15) is 5.56 Å². The Kier molecular flexibility index (Phi) is 3.63. The number of halogens is 1. The Morgan fingerprint density at radius 3 is 2.81 bits per heavy atom. The minimum absolute atomic E-state index is 0.00975. The largest absolute Gasteiger partial charge is 0.480 e. The summed E-state index contributed by atoms with van der Waals surface area (Å²) in [5.41, 5.74) is 0.783. The van der Waals surface area contributed by atoms with Crippen LogP contribution in [0.15, 0.2) is 24.3 Å². The van der Waals surface area contributed by atoms with E-state index in [4.69, 9.17) is 5.11 Å². The normalized spacial score (nSPS) is 25.4. The number of carboxylic acid groups (broad SMARTS) is 1. The van der Waals surface area contributed by atoms with Gasteiger partial charge >= 0.3 is 5.97 Å². The molecular formula is C15H17FN2O3. The molecule has 2 atom stereocenters. The summed E-state index contributed by atoms with van der Waals surface area (Å²) in [5, 5.41) is 8.80. The summed E-state index contributed by atoms with van der Waals surface area (Å²) < 4.78 is 13.2. The van der Waals surface area contributed by atoms with Gasteiger partial charge in [-0.3, -0.25) is 14.5 Å². The van der Waals surface area contributed by atoms with Gasteiger partial charge in [0.1, 0.15) is 5.82 Å². The molecule has 2 fully saturated rings. The minimum atomic E-state index is -0.862. The molecule has 2 saturated heterocycles. The predicted octanol–water partition coefficient (Wildman–Crippen LogP) is 0.800. The van der Waals surface area contributed by atoms with E-state index in [0.717, 1.165) is 5.56 Å². The van der Waals surface area contributed by atoms with Crippen LogP contribution in [0.3, 0.4) is 0 Å². The first kappa shape index (κ1) is 14.0. The molecule has 1 aromatic rings. The Balaban J connectivity index is 1.63. The fourth-order valence-corrected chi connectivity index (χ4v) is 3.35. The molecule has 0 spiro atoms. The lowest BCUT2D eigenvalue weighted by molar-refractivity contribution is -0.139. The molecule has 2 aliphatic heterocycles. The molecule has 1 N–H and O–H groups in total. The molecule has 5 nitrogen and oxygen atoms in total. The van der Waals surface area contributed by atoms with Crippen LogP contribution in [0.2, 0.25) is 0 Å². The van der Waals surface area contributed by atoms with Gasteiger partial charge in [-0.1, -0.05) is 12.1 Å². The number of hydrogen-bond acceptors (Lipinski definition) is 3. The minimum Gasteiger partial charge on any atom is -0.480 e. The lowest BCUT2D eigenvalue weighted by Crippen LogP contribution is -2.34. The Bertz CT molecular complexity index is 578. The van der Waals surface area contributed by atoms with Gasteiger partial charge in [0.25, 0.3) is 0 Å². The van der Waals surface area contributed by atoms with Crippen LogP contribution in [0, 0.1) is 17.7 Å². The molecule has 1 amide bonds. The number of aliphatic carboxylic acids is 1. The molecule has 21 heavy (non-hydrogen) atoms. The highest BCUT2D eigenvalue weighted by Gasteiger charge is 2.46. The second kappa shape index (κ2) is 5.44. The van der Waals surface area contributed by atoms with E-state index >= 15 is 0 Å². The Morgan fingerprint density at radius 1 is 1.33 bits per heavy atom. The average molecular weight is 292 g/mol. The van der Waals surface area contributed by atoms with E-state index in [1.807, 2.05) is 4.90 Å². The summed E-state index contributed by atoms with van der Waals surface area (Å²) in [5.74, 6) is -1.04. The van der Waals surface area contributed by atoms with Crippen LogP contribution in [-0.4, -0.2) is 53.0 Å². The molecule has 112 valence electrons. The van der Waals surface area contributed by atoms with E-state index in [0.29, 0.717) is 26.2 Å². The third-order valence-corrected chi connectivity index (χ3v) is 4.22. The molecule has 0 unspecified atom stereocenters. The highest BCUT2D eigenvalue weighted by Crippen LogP contribution is 2.32. The monoisotopic (exact) mass is 292 g/mol. The molecule has 3 rings (SSSR count). The summed E-state index contributed by atoms with van der Waals surface area (Å²) in [7, 11) is 0. The van der Waals surface area contributed by atoms with Crippen molar-refractivity contribution in [3.63, 3.8) is 0 Å². The van der Waals surface area contributed by atoms with E-state index < -0.39 is 5.97 Å². The van der Waals surface area contributed by atoms with Crippen LogP contribution in [0.5, 0.6) is 0 Å². The topological polar surface area (TPSA) is 60.9 Å². The van der Waals surface area contributed by atoms with E-state index in [1.165, 1.54) is 12.1 Å². The lowest BCUT2D eigenvalue weighted by atomic mass is 10.0. The first-order chi connectivity index (χ1) is 10.0. The number of hydrogen-bond donors (Lipinski definition) is 1. The predicted molar refractivity (Wildman–Crippen MR) is 72.9 cm³/mol. The standard InChI is InChI=1S/C15H17FN2O3/c16-12-3-1-2-10(4-12)5-18-7-11-6-17(9-14(19)20)8-13(11)15(18)21/h1-4,11,13H,5-9H2,(H,19,20)/t11-,13-/m1/s1. The van der Waals surface area contributed by atoms with Crippen LogP contribution in [0.25, 0.3) is 0 Å². The maximum atomic E-state index is 13.2. The summed E-state index contributed by atoms with van der Waals surface area (Å²) in [4.78, 5) is 26.7. The van der Waals surface area contributed by atoms with Crippen LogP contribution in [0.4, 0.5) is 4.39 Å². The average Bonchev–Trinajstić information content (AvgIpc) is 2.90. The van der Waals surface area contributed by atoms with Crippen molar-refractivity contribution >= 4 is 11.9 Å². The highest BCUT2D eigenvalue weighted by molar-refractivity contribution is 5.82. The first-order valence-electron chi connectivity index (χ1n) is 7.00. The third kappa shape index (κ3) is 2.90. The van der Waals surface area contributed by atoms with Gasteiger partial charge in [-0.15, -0.1) is 0 Å². The fourth-order valence-electron chi connectivity index (χ4n) is 3.35. The number of carbonyl (C=O) groups is 2. The molecule has 0 saturated carbocycles. The van der Waals surface area contributed by atoms with Crippen molar-refractivity contribution in [2.45, 2.75) is 6.54 Å². The number of benzene rings is 1. The van der Waals surface area contributed by atoms with Crippen molar-refractivity contribution in [1.82, 2.24) is 9.80 Å². The molecule has 6 heteroatoms. The number of amides is 1. The zero-order valence-electron chi connectivity index (χ0n) is 11.5. The van der Waals surface area contributed by atoms with Gasteiger partial charge in [0.2, 0.25) is 5.91 Å². The van der Waals surface area contributed by atoms with E-state index in [9.17, 15) is 14.0 Å². The molecule has 2 aliphatic rings. The van der Waals surface area contributed by atoms with Gasteiger partial charge in [-0.25, -0.2) is 4.39 Å². The molecule has 0 radical (unpaired) electrons. The van der Waals surface area contributed by atoms with Crippen molar-refractivity contribution in [3.05, 3.63) is 35.6 Å². The van der Waals surface area contributed by atoms with Gasteiger partial charge in [0.15, 0.2) is 0 Å². The van der Waals surface area contributed by atoms with Crippen molar-refractivity contribution in [3.8, 4) is 0 Å². The van der Waals surface area contributed by atoms with Crippen LogP contribution >= 0.6 is 0 Å². The summed E-state index contributed by atoms with van der Waals surface area (Å²) in [6, 6.07) is 6.27. The van der Waals surface area contributed by atoms with Crippen molar-refractivity contribution in [2.24, 2.45) is 11.8 Å². The summed E-state index contributed by atoms with van der Waals surface area (Å²) in [6.45, 7) is 2.18. The summed E-state index contributed by atoms with van der Waals surface area (Å²) in [6.07, 6.45) is 0. The van der Waals surface area contributed by atoms with Crippen molar-refractivity contribution in [2.75, 3.05) is 26.2 Å². The molecular weight excluding hydrogens is 275 g/mol. The maximum Gasteiger partial charge on any atom is 0.317 e. The molecule has 0 aliphatic carbocycles. The Labute approximate surface area is 122 Å². The molecule has 2 heterocycles. The van der Waals surface area contributed by atoms with Crippen molar-refractivity contribution < 1.29 is 19.1 Å². The fraction of sp³-hybridized carbons (Fsp3) is 0.467. The Morgan fingerprint density at radius 2 is 2.14 bits per heavy atom. The number of nitrogens with zero attached hydrogens (tertiary/aromatic N) is 2. The van der Waals surface area contributed by atoms with E-state index in [1.54, 1.807) is 17.0 Å².